The number of nitrogens with two attached hydrogens (primary N) is 1. The van der Waals surface area contributed by atoms with Gasteiger partial charge in [0.2, 0.25) is 5.89 Å². The van der Waals surface area contributed by atoms with E-state index >= 15 is 0 Å². The number of fused-ring (bicyclic) bond motifs is 1. The summed E-state index contributed by atoms with van der Waals surface area (Å²) in [5, 5.41) is 11.3. The lowest BCUT2D eigenvalue weighted by Crippen LogP contribution is -2.50. The third-order valence-corrected chi connectivity index (χ3v) is 9.10. The van der Waals surface area contributed by atoms with Crippen molar-refractivity contribution in [1.29, 1.82) is 0 Å². The molecule has 0 unspecified atom stereocenters. The molecule has 1 amide bonds. The zero-order chi connectivity index (χ0) is 30.3. The van der Waals surface area contributed by atoms with Crippen LogP contribution in [-0.2, 0) is 22.6 Å². The summed E-state index contributed by atoms with van der Waals surface area (Å²) >= 11 is 0. The van der Waals surface area contributed by atoms with Crippen molar-refractivity contribution in [1.82, 2.24) is 14.9 Å². The van der Waals surface area contributed by atoms with E-state index < -0.39 is 39.0 Å². The molecule has 1 aliphatic heterocycles. The van der Waals surface area contributed by atoms with Gasteiger partial charge in [-0.2, -0.15) is 13.2 Å². The molecule has 222 valence electrons. The van der Waals surface area contributed by atoms with E-state index in [0.29, 0.717) is 0 Å². The van der Waals surface area contributed by atoms with E-state index in [1.165, 1.54) is 42.3 Å². The van der Waals surface area contributed by atoms with Crippen molar-refractivity contribution in [2.75, 3.05) is 26.0 Å². The van der Waals surface area contributed by atoms with Gasteiger partial charge >= 0.3 is 6.18 Å². The van der Waals surface area contributed by atoms with E-state index in [2.05, 4.69) is 9.97 Å². The molecule has 0 aliphatic carbocycles. The van der Waals surface area contributed by atoms with Gasteiger partial charge in [0.1, 0.15) is 17.0 Å². The number of alkyl halides is 3. The van der Waals surface area contributed by atoms with Gasteiger partial charge in [0.25, 0.3) is 5.91 Å². The van der Waals surface area contributed by atoms with E-state index in [0.717, 1.165) is 6.07 Å². The SMILES string of the molecule is COc1ccc(-c2nc(C(=O)N3CCC(O)(CS(=O)(=O)c4ccccc4)CC3)c(CN)o2)c2ccc(C(F)(F)F)nc12. The zero-order valence-electron chi connectivity index (χ0n) is 22.4. The number of carbonyl (C=O) groups excluding carboxylic acids is 1. The number of methoxy groups -OCH3 is 1. The van der Waals surface area contributed by atoms with Crippen molar-refractivity contribution < 1.29 is 40.6 Å². The number of pyridine rings is 1. The predicted molar refractivity (Wildman–Crippen MR) is 145 cm³/mol. The highest BCUT2D eigenvalue weighted by atomic mass is 32.2. The Morgan fingerprint density at radius 1 is 1.10 bits per heavy atom. The third kappa shape index (κ3) is 5.69. The Labute approximate surface area is 238 Å². The summed E-state index contributed by atoms with van der Waals surface area (Å²) in [4.78, 5) is 23.1. The van der Waals surface area contributed by atoms with Crippen LogP contribution in [0.2, 0.25) is 0 Å². The van der Waals surface area contributed by atoms with E-state index in [4.69, 9.17) is 14.9 Å². The summed E-state index contributed by atoms with van der Waals surface area (Å²) < 4.78 is 76.6. The van der Waals surface area contributed by atoms with Gasteiger partial charge in [-0.15, -0.1) is 0 Å². The Bertz CT molecular complexity index is 1730. The number of hydrogen-bond donors (Lipinski definition) is 2. The van der Waals surface area contributed by atoms with Crippen LogP contribution in [0.25, 0.3) is 22.4 Å². The molecular weight excluding hydrogens is 577 g/mol. The monoisotopic (exact) mass is 604 g/mol. The fourth-order valence-corrected chi connectivity index (χ4v) is 6.69. The van der Waals surface area contributed by atoms with Crippen molar-refractivity contribution >= 4 is 26.6 Å². The number of benzene rings is 2. The molecular formula is C28H27F3N4O6S. The van der Waals surface area contributed by atoms with Crippen LogP contribution in [0.15, 0.2) is 63.9 Å². The lowest BCUT2D eigenvalue weighted by atomic mass is 9.93. The fraction of sp³-hybridized carbons (Fsp3) is 0.321. The fourth-order valence-electron chi connectivity index (χ4n) is 4.96. The Morgan fingerprint density at radius 2 is 1.79 bits per heavy atom. The van der Waals surface area contributed by atoms with Crippen LogP contribution in [0, 0.1) is 0 Å². The number of rotatable bonds is 7. The molecule has 4 aromatic rings. The maximum Gasteiger partial charge on any atom is 0.433 e. The Kier molecular flexibility index (Phi) is 7.72. The second-order valence-electron chi connectivity index (χ2n) is 9.99. The maximum absolute atomic E-state index is 13.5. The van der Waals surface area contributed by atoms with Crippen molar-refractivity contribution in [2.24, 2.45) is 5.73 Å². The molecule has 5 rings (SSSR count). The number of sulfone groups is 1. The van der Waals surface area contributed by atoms with Crippen LogP contribution in [0.5, 0.6) is 5.75 Å². The molecule has 1 saturated heterocycles. The van der Waals surface area contributed by atoms with Gasteiger partial charge in [0.15, 0.2) is 21.3 Å². The summed E-state index contributed by atoms with van der Waals surface area (Å²) in [6.07, 6.45) is -4.63. The molecule has 2 aromatic carbocycles. The number of amides is 1. The molecule has 0 radical (unpaired) electrons. The summed E-state index contributed by atoms with van der Waals surface area (Å²) in [6, 6.07) is 12.8. The van der Waals surface area contributed by atoms with E-state index in [-0.39, 0.29) is 76.9 Å². The zero-order valence-corrected chi connectivity index (χ0v) is 23.2. The number of oxazole rings is 1. The molecule has 10 nitrogen and oxygen atoms in total. The van der Waals surface area contributed by atoms with Crippen LogP contribution in [-0.4, -0.2) is 65.9 Å². The first-order valence-corrected chi connectivity index (χ1v) is 14.5. The highest BCUT2D eigenvalue weighted by molar-refractivity contribution is 7.91. The van der Waals surface area contributed by atoms with Gasteiger partial charge in [0, 0.05) is 24.0 Å². The molecule has 0 saturated carbocycles. The summed E-state index contributed by atoms with van der Waals surface area (Å²) in [7, 11) is -2.45. The molecule has 0 bridgehead atoms. The molecule has 0 atom stereocenters. The minimum absolute atomic E-state index is 0.0177. The van der Waals surface area contributed by atoms with Gasteiger partial charge in [-0.25, -0.2) is 18.4 Å². The lowest BCUT2D eigenvalue weighted by molar-refractivity contribution is -0.140. The Morgan fingerprint density at radius 3 is 2.40 bits per heavy atom. The number of carbonyl (C=O) groups is 1. The van der Waals surface area contributed by atoms with Gasteiger partial charge in [-0.3, -0.25) is 4.79 Å². The van der Waals surface area contributed by atoms with E-state index in [1.807, 2.05) is 0 Å². The highest BCUT2D eigenvalue weighted by Crippen LogP contribution is 2.37. The number of ether oxygens (including phenoxy) is 1. The van der Waals surface area contributed by atoms with Crippen LogP contribution in [0.4, 0.5) is 13.2 Å². The van der Waals surface area contributed by atoms with Crippen LogP contribution in [0.1, 0.15) is 34.8 Å². The molecule has 3 N–H and O–H groups in total. The second-order valence-corrected chi connectivity index (χ2v) is 12.0. The van der Waals surface area contributed by atoms with Crippen molar-refractivity contribution in [3.05, 3.63) is 71.7 Å². The summed E-state index contributed by atoms with van der Waals surface area (Å²) in [5.41, 5.74) is 3.34. The molecule has 14 heteroatoms. The molecule has 42 heavy (non-hydrogen) atoms. The normalized spacial score (nSPS) is 15.6. The lowest BCUT2D eigenvalue weighted by Gasteiger charge is -2.37. The number of aromatic nitrogens is 2. The number of hydrogen-bond acceptors (Lipinski definition) is 9. The van der Waals surface area contributed by atoms with E-state index in [1.54, 1.807) is 18.2 Å². The first-order chi connectivity index (χ1) is 19.8. The molecule has 1 aliphatic rings. The predicted octanol–water partition coefficient (Wildman–Crippen LogP) is 3.82. The highest BCUT2D eigenvalue weighted by Gasteiger charge is 2.39. The number of nitrogens with zero attached hydrogens (tertiary/aromatic N) is 3. The largest absolute Gasteiger partial charge is 0.494 e. The van der Waals surface area contributed by atoms with Crippen molar-refractivity contribution in [2.45, 2.75) is 36.1 Å². The van der Waals surface area contributed by atoms with Crippen molar-refractivity contribution in [3.63, 3.8) is 0 Å². The minimum Gasteiger partial charge on any atom is -0.494 e. The summed E-state index contributed by atoms with van der Waals surface area (Å²) in [6.45, 7) is -0.0748. The second kappa shape index (κ2) is 11.0. The molecule has 3 heterocycles. The number of aliphatic hydroxyl groups is 1. The Hall–Kier alpha value is -4.01. The number of halogens is 3. The van der Waals surface area contributed by atoms with Gasteiger partial charge < -0.3 is 24.9 Å². The van der Waals surface area contributed by atoms with Gasteiger partial charge in [-0.1, -0.05) is 18.2 Å². The first kappa shape index (κ1) is 29.5. The average Bonchev–Trinajstić information content (AvgIpc) is 3.40. The van der Waals surface area contributed by atoms with Crippen LogP contribution in [0.3, 0.4) is 0 Å². The van der Waals surface area contributed by atoms with Crippen LogP contribution >= 0.6 is 0 Å². The molecule has 1 fully saturated rings. The third-order valence-electron chi connectivity index (χ3n) is 7.19. The first-order valence-electron chi connectivity index (χ1n) is 12.9. The number of piperidine rings is 1. The smallest absolute Gasteiger partial charge is 0.433 e. The van der Waals surface area contributed by atoms with Crippen LogP contribution < -0.4 is 10.5 Å². The van der Waals surface area contributed by atoms with Crippen molar-refractivity contribution in [3.8, 4) is 17.2 Å². The minimum atomic E-state index is -4.67. The quantitative estimate of drug-likeness (QED) is 0.321. The standard InChI is InChI=1S/C28H27F3N4O6S/c1-40-20-9-7-19(18-8-10-22(28(29,30)31)33-23(18)20)25-34-24(21(15-32)41-25)26(36)35-13-11-27(37,12-14-35)16-42(38,39)17-5-3-2-4-6-17/h2-10,37H,11-16,32H2,1H3. The number of likely N-dealkylation sites (tertiary alicyclic amines) is 1. The summed E-state index contributed by atoms with van der Waals surface area (Å²) in [5.74, 6) is -0.893. The Balaban J connectivity index is 1.39. The van der Waals surface area contributed by atoms with E-state index in [9.17, 15) is 31.5 Å². The average molecular weight is 605 g/mol. The topological polar surface area (TPSA) is 149 Å². The maximum atomic E-state index is 13.5. The van der Waals surface area contributed by atoms with Gasteiger partial charge in [0.05, 0.1) is 29.9 Å². The molecule has 0 spiro atoms. The van der Waals surface area contributed by atoms with Gasteiger partial charge in [-0.05, 0) is 49.2 Å². The molecule has 2 aromatic heterocycles.